The van der Waals surface area contributed by atoms with Crippen LogP contribution in [-0.4, -0.2) is 33.2 Å². The van der Waals surface area contributed by atoms with Crippen molar-refractivity contribution >= 4 is 41.2 Å². The summed E-state index contributed by atoms with van der Waals surface area (Å²) in [6, 6.07) is 10.1. The van der Waals surface area contributed by atoms with Crippen molar-refractivity contribution in [3.63, 3.8) is 0 Å². The Hall–Kier alpha value is -2.34. The summed E-state index contributed by atoms with van der Waals surface area (Å²) in [7, 11) is 0. The van der Waals surface area contributed by atoms with Crippen molar-refractivity contribution in [2.75, 3.05) is 0 Å². The second-order valence-electron chi connectivity index (χ2n) is 4.40. The molecule has 0 saturated heterocycles. The molecule has 20 heavy (non-hydrogen) atoms. The summed E-state index contributed by atoms with van der Waals surface area (Å²) >= 11 is 3.84. The van der Waals surface area contributed by atoms with E-state index in [0.717, 1.165) is 5.39 Å². The van der Waals surface area contributed by atoms with Gasteiger partial charge in [0.1, 0.15) is 0 Å². The van der Waals surface area contributed by atoms with Gasteiger partial charge in [0, 0.05) is 16.5 Å². The third-order valence-electron chi connectivity index (χ3n) is 3.27. The van der Waals surface area contributed by atoms with Crippen molar-refractivity contribution in [1.82, 2.24) is 4.90 Å². The molecule has 0 aromatic heterocycles. The molecule has 5 nitrogen and oxygen atoms in total. The van der Waals surface area contributed by atoms with Crippen molar-refractivity contribution in [3.05, 3.63) is 47.5 Å². The van der Waals surface area contributed by atoms with E-state index in [0.29, 0.717) is 21.4 Å². The van der Waals surface area contributed by atoms with Crippen LogP contribution in [0.4, 0.5) is 0 Å². The summed E-state index contributed by atoms with van der Waals surface area (Å²) in [5, 5.41) is 8.82. The molecule has 0 bridgehead atoms. The average molecular weight is 287 g/mol. The van der Waals surface area contributed by atoms with Crippen molar-refractivity contribution < 1.29 is 19.5 Å². The Morgan fingerprint density at radius 2 is 1.55 bits per heavy atom. The lowest BCUT2D eigenvalue weighted by atomic mass is 9.94. The van der Waals surface area contributed by atoms with Crippen LogP contribution in [0.5, 0.6) is 0 Å². The van der Waals surface area contributed by atoms with Gasteiger partial charge in [0.05, 0.1) is 0 Å². The zero-order valence-corrected chi connectivity index (χ0v) is 11.0. The number of hydrogen-bond donors (Lipinski definition) is 2. The van der Waals surface area contributed by atoms with E-state index in [-0.39, 0.29) is 0 Å². The van der Waals surface area contributed by atoms with E-state index in [1.807, 2.05) is 0 Å². The van der Waals surface area contributed by atoms with Crippen LogP contribution in [-0.2, 0) is 4.79 Å². The predicted molar refractivity (Wildman–Crippen MR) is 74.9 cm³/mol. The van der Waals surface area contributed by atoms with Gasteiger partial charge in [-0.3, -0.25) is 14.5 Å². The quantitative estimate of drug-likeness (QED) is 0.652. The summed E-state index contributed by atoms with van der Waals surface area (Å²) in [5.41, 5.74) is 0.635. The molecule has 1 unspecified atom stereocenters. The molecule has 1 heterocycles. The molecule has 1 N–H and O–H groups in total. The number of amides is 2. The molecule has 2 aromatic rings. The number of carboxylic acids is 1. The Labute approximate surface area is 119 Å². The van der Waals surface area contributed by atoms with E-state index in [9.17, 15) is 14.4 Å². The van der Waals surface area contributed by atoms with Gasteiger partial charge in [-0.05, 0) is 17.5 Å². The first kappa shape index (κ1) is 12.7. The van der Waals surface area contributed by atoms with Crippen molar-refractivity contribution in [3.8, 4) is 0 Å². The van der Waals surface area contributed by atoms with E-state index < -0.39 is 23.2 Å². The highest BCUT2D eigenvalue weighted by Crippen LogP contribution is 2.31. The SMILES string of the molecule is O=C(O)C(S)N1C(=O)c2cccc3cccc(c23)C1=O. The predicted octanol–water partition coefficient (Wildman–Crippen LogP) is 1.78. The molecular weight excluding hydrogens is 278 g/mol. The Morgan fingerprint density at radius 1 is 1.05 bits per heavy atom. The molecule has 0 spiro atoms. The van der Waals surface area contributed by atoms with E-state index in [4.69, 9.17) is 5.11 Å². The van der Waals surface area contributed by atoms with Crippen LogP contribution >= 0.6 is 12.6 Å². The first-order valence-corrected chi connectivity index (χ1v) is 6.34. The summed E-state index contributed by atoms with van der Waals surface area (Å²) in [6.45, 7) is 0. The molecule has 1 atom stereocenters. The third kappa shape index (κ3) is 1.61. The Kier molecular flexibility index (Phi) is 2.76. The lowest BCUT2D eigenvalue weighted by Crippen LogP contribution is -2.48. The molecule has 0 radical (unpaired) electrons. The van der Waals surface area contributed by atoms with Crippen LogP contribution in [0.15, 0.2) is 36.4 Å². The first-order chi connectivity index (χ1) is 9.52. The highest BCUT2D eigenvalue weighted by Gasteiger charge is 2.38. The number of benzene rings is 2. The van der Waals surface area contributed by atoms with Crippen molar-refractivity contribution in [1.29, 1.82) is 0 Å². The number of carboxylic acid groups (broad SMARTS) is 1. The summed E-state index contributed by atoms with van der Waals surface area (Å²) in [6.07, 6.45) is 0. The standard InChI is InChI=1S/C14H9NO4S/c16-11-8-5-1-3-7-4-2-6-9(10(7)8)12(17)15(11)13(20)14(18)19/h1-6,13,20H,(H,18,19). The largest absolute Gasteiger partial charge is 0.479 e. The molecule has 2 amide bonds. The number of imide groups is 1. The van der Waals surface area contributed by atoms with Crippen LogP contribution in [0.1, 0.15) is 20.7 Å². The number of carbonyl (C=O) groups is 3. The minimum absolute atomic E-state index is 0.318. The molecule has 1 aliphatic heterocycles. The van der Waals surface area contributed by atoms with E-state index in [1.54, 1.807) is 36.4 Å². The lowest BCUT2D eigenvalue weighted by Gasteiger charge is -2.29. The fraction of sp³-hybridized carbons (Fsp3) is 0.0714. The van der Waals surface area contributed by atoms with Crippen LogP contribution in [0.2, 0.25) is 0 Å². The van der Waals surface area contributed by atoms with Gasteiger partial charge in [0.15, 0.2) is 5.37 Å². The van der Waals surface area contributed by atoms with E-state index in [1.165, 1.54) is 0 Å². The van der Waals surface area contributed by atoms with Gasteiger partial charge < -0.3 is 5.11 Å². The normalized spacial score (nSPS) is 15.6. The van der Waals surface area contributed by atoms with E-state index >= 15 is 0 Å². The molecule has 0 saturated carbocycles. The highest BCUT2D eigenvalue weighted by atomic mass is 32.1. The van der Waals surface area contributed by atoms with Crippen LogP contribution < -0.4 is 0 Å². The van der Waals surface area contributed by atoms with Gasteiger partial charge in [-0.15, -0.1) is 12.6 Å². The minimum Gasteiger partial charge on any atom is -0.479 e. The molecule has 0 aliphatic carbocycles. The highest BCUT2D eigenvalue weighted by molar-refractivity contribution is 7.81. The molecule has 3 rings (SSSR count). The number of hydrogen-bond acceptors (Lipinski definition) is 4. The van der Waals surface area contributed by atoms with Gasteiger partial charge in [0.25, 0.3) is 11.8 Å². The van der Waals surface area contributed by atoms with Crippen molar-refractivity contribution in [2.24, 2.45) is 0 Å². The Morgan fingerprint density at radius 3 is 2.00 bits per heavy atom. The van der Waals surface area contributed by atoms with Crippen LogP contribution in [0.3, 0.4) is 0 Å². The Bertz CT molecular complexity index is 720. The number of thiol groups is 1. The van der Waals surface area contributed by atoms with E-state index in [2.05, 4.69) is 12.6 Å². The monoisotopic (exact) mass is 287 g/mol. The fourth-order valence-electron chi connectivity index (χ4n) is 2.38. The number of rotatable bonds is 2. The van der Waals surface area contributed by atoms with Crippen molar-refractivity contribution in [2.45, 2.75) is 5.37 Å². The summed E-state index contributed by atoms with van der Waals surface area (Å²) < 4.78 is 0. The zero-order valence-electron chi connectivity index (χ0n) is 10.1. The fourth-order valence-corrected chi connectivity index (χ4v) is 2.59. The summed E-state index contributed by atoms with van der Waals surface area (Å²) in [5.74, 6) is -2.62. The van der Waals surface area contributed by atoms with Gasteiger partial charge in [0.2, 0.25) is 0 Å². The number of carbonyl (C=O) groups excluding carboxylic acids is 2. The van der Waals surface area contributed by atoms with Gasteiger partial charge >= 0.3 is 5.97 Å². The Balaban J connectivity index is 2.29. The zero-order chi connectivity index (χ0) is 14.4. The third-order valence-corrected chi connectivity index (χ3v) is 3.72. The first-order valence-electron chi connectivity index (χ1n) is 5.83. The second-order valence-corrected chi connectivity index (χ2v) is 4.89. The van der Waals surface area contributed by atoms with Gasteiger partial charge in [-0.1, -0.05) is 24.3 Å². The topological polar surface area (TPSA) is 74.7 Å². The van der Waals surface area contributed by atoms with Crippen LogP contribution in [0.25, 0.3) is 10.8 Å². The second kappa shape index (κ2) is 4.35. The maximum atomic E-state index is 12.4. The minimum atomic E-state index is -1.50. The molecular formula is C14H9NO4S. The molecule has 6 heteroatoms. The van der Waals surface area contributed by atoms with Gasteiger partial charge in [-0.25, -0.2) is 4.79 Å². The smallest absolute Gasteiger partial charge is 0.337 e. The lowest BCUT2D eigenvalue weighted by molar-refractivity contribution is -0.138. The number of nitrogens with zero attached hydrogens (tertiary/aromatic N) is 1. The maximum absolute atomic E-state index is 12.4. The summed E-state index contributed by atoms with van der Waals surface area (Å²) in [4.78, 5) is 36.4. The maximum Gasteiger partial charge on any atom is 0.337 e. The molecule has 2 aromatic carbocycles. The number of aliphatic carboxylic acids is 1. The molecule has 1 aliphatic rings. The molecule has 100 valence electrons. The van der Waals surface area contributed by atoms with Crippen LogP contribution in [0, 0.1) is 0 Å². The molecule has 0 fully saturated rings. The average Bonchev–Trinajstić information content (AvgIpc) is 2.44. The van der Waals surface area contributed by atoms with Gasteiger partial charge in [-0.2, -0.15) is 0 Å².